The monoisotopic (exact) mass is 249 g/mol. The van der Waals surface area contributed by atoms with Crippen LogP contribution in [0.15, 0.2) is 60.3 Å². The third-order valence-corrected chi connectivity index (χ3v) is 3.66. The predicted octanol–water partition coefficient (Wildman–Crippen LogP) is 4.50. The molecule has 2 aromatic carbocycles. The number of hydrogen-bond acceptors (Lipinski definition) is 1. The minimum absolute atomic E-state index is 0.139. The standard InChI is InChI=1S/C18H19N/c1-18(2)11-16(10-17(19)12-18)15-8-7-13-5-3-4-6-14(13)9-15/h3-10,12H,11,19H2,1-2H3. The summed E-state index contributed by atoms with van der Waals surface area (Å²) in [7, 11) is 0. The summed E-state index contributed by atoms with van der Waals surface area (Å²) in [4.78, 5) is 0. The summed E-state index contributed by atoms with van der Waals surface area (Å²) in [5.41, 5.74) is 9.66. The fourth-order valence-corrected chi connectivity index (χ4v) is 2.86. The average Bonchev–Trinajstić information content (AvgIpc) is 2.36. The number of benzene rings is 2. The molecule has 0 saturated carbocycles. The Balaban J connectivity index is 2.07. The first kappa shape index (κ1) is 12.0. The van der Waals surface area contributed by atoms with Crippen molar-refractivity contribution in [2.24, 2.45) is 11.1 Å². The Morgan fingerprint density at radius 3 is 2.47 bits per heavy atom. The van der Waals surface area contributed by atoms with E-state index in [1.165, 1.54) is 21.9 Å². The van der Waals surface area contributed by atoms with Crippen LogP contribution in [-0.2, 0) is 0 Å². The SMILES string of the molecule is CC1(C)C=C(N)C=C(c2ccc3ccccc3c2)C1. The van der Waals surface area contributed by atoms with Gasteiger partial charge in [-0.25, -0.2) is 0 Å². The minimum atomic E-state index is 0.139. The van der Waals surface area contributed by atoms with E-state index in [4.69, 9.17) is 5.73 Å². The van der Waals surface area contributed by atoms with Crippen molar-refractivity contribution in [3.63, 3.8) is 0 Å². The highest BCUT2D eigenvalue weighted by atomic mass is 14.6. The maximum absolute atomic E-state index is 6.04. The van der Waals surface area contributed by atoms with E-state index >= 15 is 0 Å². The van der Waals surface area contributed by atoms with Gasteiger partial charge in [-0.3, -0.25) is 0 Å². The Morgan fingerprint density at radius 1 is 1.00 bits per heavy atom. The van der Waals surface area contributed by atoms with E-state index in [-0.39, 0.29) is 5.41 Å². The molecule has 0 bridgehead atoms. The first-order chi connectivity index (χ1) is 9.03. The molecule has 0 aromatic heterocycles. The van der Waals surface area contributed by atoms with Crippen LogP contribution in [-0.4, -0.2) is 0 Å². The zero-order valence-electron chi connectivity index (χ0n) is 11.5. The van der Waals surface area contributed by atoms with Gasteiger partial charge in [0.1, 0.15) is 0 Å². The van der Waals surface area contributed by atoms with Gasteiger partial charge in [0, 0.05) is 5.70 Å². The van der Waals surface area contributed by atoms with Crippen LogP contribution in [0.1, 0.15) is 25.8 Å². The molecule has 0 radical (unpaired) electrons. The summed E-state index contributed by atoms with van der Waals surface area (Å²) < 4.78 is 0. The summed E-state index contributed by atoms with van der Waals surface area (Å²) in [6, 6.07) is 15.1. The number of rotatable bonds is 1. The molecule has 1 heteroatoms. The van der Waals surface area contributed by atoms with Crippen LogP contribution in [0.5, 0.6) is 0 Å². The summed E-state index contributed by atoms with van der Waals surface area (Å²) in [6.45, 7) is 4.46. The van der Waals surface area contributed by atoms with Gasteiger partial charge in [-0.15, -0.1) is 0 Å². The lowest BCUT2D eigenvalue weighted by atomic mass is 9.79. The molecule has 0 aliphatic heterocycles. The molecule has 1 nitrogen and oxygen atoms in total. The second kappa shape index (κ2) is 4.27. The Labute approximate surface area is 114 Å². The van der Waals surface area contributed by atoms with Crippen LogP contribution in [0, 0.1) is 5.41 Å². The van der Waals surface area contributed by atoms with Gasteiger partial charge in [-0.05, 0) is 45.9 Å². The van der Waals surface area contributed by atoms with Gasteiger partial charge in [-0.1, -0.05) is 56.3 Å². The molecule has 1 aliphatic carbocycles. The van der Waals surface area contributed by atoms with Gasteiger partial charge >= 0.3 is 0 Å². The number of allylic oxidation sites excluding steroid dienone is 3. The predicted molar refractivity (Wildman–Crippen MR) is 82.6 cm³/mol. The molecule has 19 heavy (non-hydrogen) atoms. The Kier molecular flexibility index (Phi) is 2.70. The third-order valence-electron chi connectivity index (χ3n) is 3.66. The van der Waals surface area contributed by atoms with Crippen molar-refractivity contribution in [3.05, 3.63) is 65.9 Å². The summed E-state index contributed by atoms with van der Waals surface area (Å²) in [5, 5.41) is 2.57. The summed E-state index contributed by atoms with van der Waals surface area (Å²) in [6.07, 6.45) is 5.29. The number of nitrogens with two attached hydrogens (primary N) is 1. The molecular formula is C18H19N. The van der Waals surface area contributed by atoms with Crippen LogP contribution in [0.4, 0.5) is 0 Å². The largest absolute Gasteiger partial charge is 0.399 e. The topological polar surface area (TPSA) is 26.0 Å². The molecule has 2 N–H and O–H groups in total. The molecule has 0 heterocycles. The van der Waals surface area contributed by atoms with Crippen molar-refractivity contribution in [1.29, 1.82) is 0 Å². The maximum Gasteiger partial charge on any atom is 0.0281 e. The van der Waals surface area contributed by atoms with E-state index in [0.717, 1.165) is 12.1 Å². The van der Waals surface area contributed by atoms with Gasteiger partial charge in [0.15, 0.2) is 0 Å². The maximum atomic E-state index is 6.04. The van der Waals surface area contributed by atoms with E-state index in [1.807, 2.05) is 0 Å². The summed E-state index contributed by atoms with van der Waals surface area (Å²) in [5.74, 6) is 0. The van der Waals surface area contributed by atoms with Gasteiger partial charge in [0.05, 0.1) is 0 Å². The van der Waals surface area contributed by atoms with Gasteiger partial charge in [0.25, 0.3) is 0 Å². The zero-order chi connectivity index (χ0) is 13.5. The molecular weight excluding hydrogens is 230 g/mol. The normalized spacial score (nSPS) is 18.0. The lowest BCUT2D eigenvalue weighted by molar-refractivity contribution is 0.488. The van der Waals surface area contributed by atoms with E-state index in [0.29, 0.717) is 0 Å². The van der Waals surface area contributed by atoms with E-state index in [9.17, 15) is 0 Å². The molecule has 0 fully saturated rings. The molecule has 0 atom stereocenters. The zero-order valence-corrected chi connectivity index (χ0v) is 11.5. The van der Waals surface area contributed by atoms with Crippen molar-refractivity contribution in [3.8, 4) is 0 Å². The second-order valence-corrected chi connectivity index (χ2v) is 6.04. The fraction of sp³-hybridized carbons (Fsp3) is 0.222. The van der Waals surface area contributed by atoms with Gasteiger partial charge in [0.2, 0.25) is 0 Å². The smallest absolute Gasteiger partial charge is 0.0281 e. The van der Waals surface area contributed by atoms with Crippen LogP contribution >= 0.6 is 0 Å². The fourth-order valence-electron chi connectivity index (χ4n) is 2.86. The van der Waals surface area contributed by atoms with E-state index in [1.54, 1.807) is 0 Å². The first-order valence-electron chi connectivity index (χ1n) is 6.72. The number of fused-ring (bicyclic) bond motifs is 1. The average molecular weight is 249 g/mol. The highest BCUT2D eigenvalue weighted by molar-refractivity contribution is 5.86. The van der Waals surface area contributed by atoms with E-state index in [2.05, 4.69) is 68.5 Å². The summed E-state index contributed by atoms with van der Waals surface area (Å²) >= 11 is 0. The Bertz CT molecular complexity index is 690. The van der Waals surface area contributed by atoms with Crippen molar-refractivity contribution < 1.29 is 0 Å². The van der Waals surface area contributed by atoms with Gasteiger partial charge in [-0.2, -0.15) is 0 Å². The van der Waals surface area contributed by atoms with Crippen molar-refractivity contribution in [2.75, 3.05) is 0 Å². The molecule has 1 aliphatic rings. The van der Waals surface area contributed by atoms with Crippen molar-refractivity contribution in [2.45, 2.75) is 20.3 Å². The Hall–Kier alpha value is -2.02. The number of hydrogen-bond donors (Lipinski definition) is 1. The second-order valence-electron chi connectivity index (χ2n) is 6.04. The highest BCUT2D eigenvalue weighted by Gasteiger charge is 2.22. The lowest BCUT2D eigenvalue weighted by Crippen LogP contribution is -2.16. The Morgan fingerprint density at radius 2 is 1.74 bits per heavy atom. The minimum Gasteiger partial charge on any atom is -0.399 e. The molecule has 0 saturated heterocycles. The lowest BCUT2D eigenvalue weighted by Gasteiger charge is -2.27. The van der Waals surface area contributed by atoms with Crippen LogP contribution in [0.25, 0.3) is 16.3 Å². The van der Waals surface area contributed by atoms with Crippen LogP contribution < -0.4 is 5.73 Å². The van der Waals surface area contributed by atoms with Crippen molar-refractivity contribution in [1.82, 2.24) is 0 Å². The van der Waals surface area contributed by atoms with Crippen molar-refractivity contribution >= 4 is 16.3 Å². The molecule has 96 valence electrons. The highest BCUT2D eigenvalue weighted by Crippen LogP contribution is 2.37. The van der Waals surface area contributed by atoms with Crippen LogP contribution in [0.2, 0.25) is 0 Å². The van der Waals surface area contributed by atoms with Gasteiger partial charge < -0.3 is 5.73 Å². The van der Waals surface area contributed by atoms with Crippen LogP contribution in [0.3, 0.4) is 0 Å². The molecule has 3 rings (SSSR count). The quantitative estimate of drug-likeness (QED) is 0.791. The third kappa shape index (κ3) is 2.41. The first-order valence-corrected chi connectivity index (χ1v) is 6.72. The molecule has 2 aromatic rings. The molecule has 0 unspecified atom stereocenters. The molecule has 0 spiro atoms. The molecule has 0 amide bonds. The van der Waals surface area contributed by atoms with E-state index < -0.39 is 0 Å².